The van der Waals surface area contributed by atoms with E-state index in [1.165, 1.54) is 44.2 Å². The van der Waals surface area contributed by atoms with Crippen molar-refractivity contribution in [3.05, 3.63) is 236 Å². The van der Waals surface area contributed by atoms with E-state index in [1.54, 1.807) is 131 Å². The highest BCUT2D eigenvalue weighted by atomic mass is 16.7. The van der Waals surface area contributed by atoms with E-state index in [4.69, 9.17) is 33.2 Å². The van der Waals surface area contributed by atoms with Crippen LogP contribution in [0.15, 0.2) is 164 Å². The molecule has 7 aromatic rings. The first kappa shape index (κ1) is 95.5. The van der Waals surface area contributed by atoms with Gasteiger partial charge in [-0.25, -0.2) is 9.59 Å². The van der Waals surface area contributed by atoms with Gasteiger partial charge in [0.05, 0.1) is 60.7 Å². The van der Waals surface area contributed by atoms with Gasteiger partial charge in [0, 0.05) is 85.6 Å². The van der Waals surface area contributed by atoms with Crippen molar-refractivity contribution >= 4 is 82.5 Å². The molecule has 126 heavy (non-hydrogen) atoms. The zero-order chi connectivity index (χ0) is 90.9. The maximum absolute atomic E-state index is 15.0. The van der Waals surface area contributed by atoms with Crippen LogP contribution in [0, 0.1) is 30.6 Å². The molecule has 0 spiro atoms. The number of Topliss-reactive ketones (excluding diaryl/α,β-unsaturated/α-hetero) is 4. The van der Waals surface area contributed by atoms with Gasteiger partial charge in [-0.15, -0.1) is 0 Å². The van der Waals surface area contributed by atoms with Crippen molar-refractivity contribution in [2.75, 3.05) is 19.7 Å². The zero-order valence-corrected chi connectivity index (χ0v) is 71.0. The Labute approximate surface area is 728 Å². The maximum Gasteiger partial charge on any atom is 0.407 e. The summed E-state index contributed by atoms with van der Waals surface area (Å²) < 4.78 is 40.1. The molecule has 11 atom stereocenters. The van der Waals surface area contributed by atoms with E-state index in [0.717, 1.165) is 5.56 Å². The van der Waals surface area contributed by atoms with Crippen LogP contribution in [0.3, 0.4) is 0 Å². The second kappa shape index (κ2) is 44.8. The van der Waals surface area contributed by atoms with Crippen LogP contribution in [0.2, 0.25) is 0 Å². The van der Waals surface area contributed by atoms with Crippen molar-refractivity contribution in [3.8, 4) is 11.5 Å². The van der Waals surface area contributed by atoms with Gasteiger partial charge in [-0.3, -0.25) is 57.5 Å². The van der Waals surface area contributed by atoms with E-state index in [9.17, 15) is 92.7 Å². The number of ketones is 6. The Morgan fingerprint density at radius 1 is 0.548 bits per heavy atom. The van der Waals surface area contributed by atoms with Gasteiger partial charge in [0.25, 0.3) is 0 Å². The number of ether oxygens (including phenoxy) is 7. The van der Waals surface area contributed by atoms with Crippen LogP contribution in [-0.2, 0) is 133 Å². The molecule has 0 radical (unpaired) electrons. The minimum absolute atomic E-state index is 0.0160. The number of phenolic OH excluding ortho intramolecular Hbond substituents is 2. The van der Waals surface area contributed by atoms with Gasteiger partial charge in [-0.1, -0.05) is 191 Å². The SMILES string of the molecule is Cc1cccc2c1C(=O)c1c(O)c3c(c(O)c1C2=O)C[C@@](O)(C(=O)CO)C[C@]3(C)O[C@H]1CC(NC(=O)OCc2ccc(CC(=O)[C@H](CC(=O)OCc3ccccc3)NC(=O)[C@@H](CC(=O)[C@H](CCC(=O)OCc3ccccc3)NC(=O)[C@@H](CC(=O)CNC(=O)[C@@H](C)CCCCNC(=O)OCc3ccccc3)CC(=O)OCc3ccccc3)C(C)C)cc2)[C@H](O)[C@H](C)O1. The number of carbonyl (C=O) groups excluding carboxylic acids is 14. The lowest BCUT2D eigenvalue weighted by atomic mass is 9.67. The number of rotatable bonds is 43. The van der Waals surface area contributed by atoms with Crippen molar-refractivity contribution < 1.29 is 126 Å². The third-order valence-corrected chi connectivity index (χ3v) is 22.6. The summed E-state index contributed by atoms with van der Waals surface area (Å²) in [5, 5.41) is 70.7. The van der Waals surface area contributed by atoms with E-state index in [2.05, 4.69) is 26.6 Å². The molecule has 2 aliphatic carbocycles. The third kappa shape index (κ3) is 26.0. The van der Waals surface area contributed by atoms with Gasteiger partial charge in [-0.05, 0) is 84.9 Å². The lowest BCUT2D eigenvalue weighted by Gasteiger charge is -2.47. The molecule has 3 aliphatic rings. The molecule has 0 saturated carbocycles. The maximum atomic E-state index is 15.0. The minimum Gasteiger partial charge on any atom is -0.507 e. The number of aliphatic hydroxyl groups is 3. The number of esters is 3. The normalized spacial score (nSPS) is 18.7. The summed E-state index contributed by atoms with van der Waals surface area (Å²) in [7, 11) is 0. The Kier molecular flexibility index (Phi) is 34.0. The first-order valence-corrected chi connectivity index (χ1v) is 41.9. The highest BCUT2D eigenvalue weighted by Gasteiger charge is 2.55. The first-order valence-electron chi connectivity index (χ1n) is 41.9. The topological polar surface area (TPSA) is 465 Å². The summed E-state index contributed by atoms with van der Waals surface area (Å²) >= 11 is 0. The monoisotopic (exact) mass is 1730 g/mol. The van der Waals surface area contributed by atoms with E-state index in [0.29, 0.717) is 52.6 Å². The second-order valence-electron chi connectivity index (χ2n) is 32.6. The Balaban J connectivity index is 0.793. The van der Waals surface area contributed by atoms with E-state index >= 15 is 0 Å². The Morgan fingerprint density at radius 3 is 1.66 bits per heavy atom. The van der Waals surface area contributed by atoms with Gasteiger partial charge >= 0.3 is 30.1 Å². The lowest BCUT2D eigenvalue weighted by Crippen LogP contribution is -2.58. The number of fused-ring (bicyclic) bond motifs is 3. The van der Waals surface area contributed by atoms with Crippen molar-refractivity contribution in [3.63, 3.8) is 0 Å². The van der Waals surface area contributed by atoms with Crippen molar-refractivity contribution in [2.45, 2.75) is 206 Å². The highest BCUT2D eigenvalue weighted by molar-refractivity contribution is 6.31. The van der Waals surface area contributed by atoms with Gasteiger partial charge in [0.2, 0.25) is 17.7 Å². The average Bonchev–Trinajstić information content (AvgIpc) is 0.699. The molecule has 31 nitrogen and oxygen atoms in total. The summed E-state index contributed by atoms with van der Waals surface area (Å²) in [6, 6.07) is 41.4. The Bertz CT molecular complexity index is 5090. The van der Waals surface area contributed by atoms with Crippen molar-refractivity contribution in [2.24, 2.45) is 23.7 Å². The summed E-state index contributed by atoms with van der Waals surface area (Å²) in [5.74, 6) is -15.4. The van der Waals surface area contributed by atoms with E-state index in [1.807, 2.05) is 30.3 Å². The molecule has 31 heteroatoms. The highest BCUT2D eigenvalue weighted by Crippen LogP contribution is 2.55. The molecule has 10 rings (SSSR count). The minimum atomic E-state index is -2.49. The number of aromatic hydroxyl groups is 2. The standard InChI is InChI=1S/C95H107N5O26/c1-55(2)68(43-74(104)70(37-38-76(106)120-49-60-24-11-7-12-25-60)98-90(115)65(42-77(107)121-50-61-26-13-8-14-27-61)41-66(102)47-97-89(114)57(4)22-19-20-39-96-92(117)123-52-63-30-17-10-18-31-63)91(116)99-71(44-78(108)122-51-62-28-15-9-16-29-62)73(103)40-59-33-35-64(36-34-59)53-124-93(118)100-72-45-79(125-58(5)84(72)109)126-94(6)54-95(119,75(105)48-101)46-69-83(94)88(113)82-81(86(69)111)85(110)67-32-21-23-56(3)80(67)87(82)112/h7-18,21,23-36,55,57-58,65,68,70-72,79,84,101,109,111,113,119H,19-20,22,37-54H2,1-6H3,(H,96,117)(H,97,114)(H,98,115)(H,99,116)(H,100,118)/t57-,58-,65-,68-,70-,71-,72?,79-,84+,94-,95-/m0/s1. The van der Waals surface area contributed by atoms with E-state index in [-0.39, 0.29) is 68.3 Å². The average molecular weight is 1730 g/mol. The van der Waals surface area contributed by atoms with Crippen LogP contribution in [0.25, 0.3) is 0 Å². The fraction of sp³-hybridized carbons (Fsp3) is 0.411. The Morgan fingerprint density at radius 2 is 1.08 bits per heavy atom. The summed E-state index contributed by atoms with van der Waals surface area (Å²) in [4.78, 5) is 195. The van der Waals surface area contributed by atoms with Gasteiger partial charge in [0.15, 0.2) is 41.0 Å². The number of phenols is 2. The first-order chi connectivity index (χ1) is 60.2. The Hall–Kier alpha value is -12.7. The number of unbranched alkanes of at least 4 members (excludes halogenated alkanes) is 1. The fourth-order valence-electron chi connectivity index (χ4n) is 15.6. The molecule has 1 fully saturated rings. The fourth-order valence-corrected chi connectivity index (χ4v) is 15.6. The summed E-state index contributed by atoms with van der Waals surface area (Å²) in [6.07, 6.45) is -9.81. The summed E-state index contributed by atoms with van der Waals surface area (Å²) in [5.41, 5.74) is -2.46. The van der Waals surface area contributed by atoms with Crippen molar-refractivity contribution in [1.29, 1.82) is 0 Å². The van der Waals surface area contributed by atoms with Crippen LogP contribution in [0.4, 0.5) is 9.59 Å². The van der Waals surface area contributed by atoms with Crippen LogP contribution in [0.1, 0.15) is 187 Å². The second-order valence-corrected chi connectivity index (χ2v) is 32.6. The molecule has 668 valence electrons. The molecule has 7 aromatic carbocycles. The smallest absolute Gasteiger partial charge is 0.407 e. The predicted octanol–water partition coefficient (Wildman–Crippen LogP) is 8.97. The zero-order valence-electron chi connectivity index (χ0n) is 71.0. The van der Waals surface area contributed by atoms with Crippen LogP contribution in [-0.4, -0.2) is 170 Å². The molecule has 1 aliphatic heterocycles. The molecule has 1 saturated heterocycles. The number of hydrogen-bond donors (Lipinski definition) is 10. The van der Waals surface area contributed by atoms with E-state index < -0.39 is 248 Å². The van der Waals surface area contributed by atoms with Crippen molar-refractivity contribution in [1.82, 2.24) is 26.6 Å². The van der Waals surface area contributed by atoms with Crippen LogP contribution < -0.4 is 26.6 Å². The molecular formula is C95H107N5O26. The number of aryl methyl sites for hydroxylation is 1. The number of carbonyl (C=O) groups is 14. The lowest BCUT2D eigenvalue weighted by molar-refractivity contribution is -0.275. The molecule has 5 amide bonds. The third-order valence-electron chi connectivity index (χ3n) is 22.6. The largest absolute Gasteiger partial charge is 0.507 e. The number of hydrogen-bond acceptors (Lipinski definition) is 26. The number of alkyl carbamates (subject to hydrolysis) is 2. The summed E-state index contributed by atoms with van der Waals surface area (Å²) in [6.45, 7) is 7.04. The molecular weight excluding hydrogens is 1630 g/mol. The quantitative estimate of drug-likeness (QED) is 0.00737. The molecule has 0 bridgehead atoms. The number of aliphatic hydroxyl groups excluding tert-OH is 2. The number of amides is 5. The molecule has 0 aromatic heterocycles. The van der Waals surface area contributed by atoms with Gasteiger partial charge in [0.1, 0.15) is 68.4 Å². The molecule has 1 heterocycles. The van der Waals surface area contributed by atoms with Crippen LogP contribution in [0.5, 0.6) is 11.5 Å². The van der Waals surface area contributed by atoms with Crippen LogP contribution >= 0.6 is 0 Å². The predicted molar refractivity (Wildman–Crippen MR) is 452 cm³/mol. The number of benzene rings is 7. The molecule has 10 N–H and O–H groups in total. The van der Waals surface area contributed by atoms with Gasteiger partial charge in [-0.2, -0.15) is 0 Å². The van der Waals surface area contributed by atoms with Gasteiger partial charge < -0.3 is 85.3 Å². The number of nitrogens with one attached hydrogen (secondary N) is 5. The molecule has 1 unspecified atom stereocenters.